The molecular formula is C17H26N4O4. The van der Waals surface area contributed by atoms with Gasteiger partial charge in [-0.15, -0.1) is 0 Å². The summed E-state index contributed by atoms with van der Waals surface area (Å²) in [6, 6.07) is 6.68. The third-order valence-corrected chi connectivity index (χ3v) is 4.20. The summed E-state index contributed by atoms with van der Waals surface area (Å²) in [7, 11) is 1.64. The molecule has 1 aromatic carbocycles. The molecule has 138 valence electrons. The van der Waals surface area contributed by atoms with Gasteiger partial charge in [0.2, 0.25) is 0 Å². The summed E-state index contributed by atoms with van der Waals surface area (Å²) in [5.41, 5.74) is 0.975. The van der Waals surface area contributed by atoms with E-state index >= 15 is 0 Å². The molecule has 0 radical (unpaired) electrons. The lowest BCUT2D eigenvalue weighted by molar-refractivity contribution is -0.384. The Labute approximate surface area is 147 Å². The van der Waals surface area contributed by atoms with Crippen molar-refractivity contribution in [1.29, 1.82) is 0 Å². The zero-order chi connectivity index (χ0) is 18.1. The summed E-state index contributed by atoms with van der Waals surface area (Å²) in [5.74, 6) is 0.691. The maximum atomic E-state index is 10.7. The minimum absolute atomic E-state index is 0.0741. The molecule has 0 unspecified atom stereocenters. The number of nitro benzene ring substituents is 1. The van der Waals surface area contributed by atoms with Crippen LogP contribution in [-0.4, -0.2) is 48.4 Å². The Balaban J connectivity index is 1.95. The normalized spacial score (nSPS) is 21.0. The highest BCUT2D eigenvalue weighted by molar-refractivity contribution is 5.80. The summed E-state index contributed by atoms with van der Waals surface area (Å²) in [6.45, 7) is 1.63. The number of rotatable bonds is 7. The predicted molar refractivity (Wildman–Crippen MR) is 95.5 cm³/mol. The quantitative estimate of drug-likeness (QED) is 0.226. The monoisotopic (exact) mass is 350 g/mol. The molecule has 0 bridgehead atoms. The summed E-state index contributed by atoms with van der Waals surface area (Å²) >= 11 is 0. The van der Waals surface area contributed by atoms with Crippen LogP contribution in [0.25, 0.3) is 0 Å². The Morgan fingerprint density at radius 2 is 2.00 bits per heavy atom. The van der Waals surface area contributed by atoms with E-state index in [1.54, 1.807) is 19.2 Å². The maximum Gasteiger partial charge on any atom is 0.269 e. The fourth-order valence-corrected chi connectivity index (χ4v) is 2.73. The molecule has 1 aliphatic carbocycles. The number of nitrogens with zero attached hydrogens (tertiary/aromatic N) is 2. The lowest BCUT2D eigenvalue weighted by Gasteiger charge is -2.27. The second-order valence-electron chi connectivity index (χ2n) is 6.16. The summed E-state index contributed by atoms with van der Waals surface area (Å²) in [6.07, 6.45) is 3.21. The molecule has 25 heavy (non-hydrogen) atoms. The second-order valence-corrected chi connectivity index (χ2v) is 6.16. The van der Waals surface area contributed by atoms with E-state index < -0.39 is 4.92 Å². The van der Waals surface area contributed by atoms with Crippen molar-refractivity contribution in [2.24, 2.45) is 4.99 Å². The van der Waals surface area contributed by atoms with E-state index in [-0.39, 0.29) is 17.8 Å². The molecule has 0 saturated heterocycles. The standard InChI is InChI=1S/C17H26N4O4/c1-25-11-10-18-17(20-14-4-8-16(22)9-5-14)19-12-13-2-6-15(7-3-13)21(23)24/h2-3,6-7,14,16,22H,4-5,8-12H2,1H3,(H2,18,19,20). The largest absolute Gasteiger partial charge is 0.393 e. The molecule has 0 heterocycles. The molecular weight excluding hydrogens is 324 g/mol. The number of nitrogens with one attached hydrogen (secondary N) is 2. The molecule has 2 rings (SSSR count). The number of non-ortho nitro benzene ring substituents is 1. The lowest BCUT2D eigenvalue weighted by Crippen LogP contribution is -2.46. The van der Waals surface area contributed by atoms with Crippen molar-refractivity contribution < 1.29 is 14.8 Å². The van der Waals surface area contributed by atoms with Gasteiger partial charge in [-0.2, -0.15) is 0 Å². The second kappa shape index (κ2) is 9.95. The number of hydrogen-bond acceptors (Lipinski definition) is 5. The van der Waals surface area contributed by atoms with Crippen LogP contribution in [-0.2, 0) is 11.3 Å². The Hall–Kier alpha value is -2.19. The average molecular weight is 350 g/mol. The topological polar surface area (TPSA) is 109 Å². The smallest absolute Gasteiger partial charge is 0.269 e. The van der Waals surface area contributed by atoms with Crippen LogP contribution < -0.4 is 10.6 Å². The zero-order valence-corrected chi connectivity index (χ0v) is 14.5. The van der Waals surface area contributed by atoms with Gasteiger partial charge in [-0.3, -0.25) is 10.1 Å². The Morgan fingerprint density at radius 3 is 2.60 bits per heavy atom. The number of ether oxygens (including phenoxy) is 1. The van der Waals surface area contributed by atoms with Crippen LogP contribution >= 0.6 is 0 Å². The van der Waals surface area contributed by atoms with E-state index in [1.807, 2.05) is 0 Å². The molecule has 1 saturated carbocycles. The van der Waals surface area contributed by atoms with Gasteiger partial charge in [-0.1, -0.05) is 12.1 Å². The molecule has 0 spiro atoms. The first-order valence-corrected chi connectivity index (χ1v) is 8.53. The van der Waals surface area contributed by atoms with Gasteiger partial charge in [0, 0.05) is 31.8 Å². The van der Waals surface area contributed by atoms with Gasteiger partial charge in [0.25, 0.3) is 5.69 Å². The van der Waals surface area contributed by atoms with Crippen LogP contribution in [0.5, 0.6) is 0 Å². The van der Waals surface area contributed by atoms with Gasteiger partial charge in [0.15, 0.2) is 5.96 Å². The maximum absolute atomic E-state index is 10.7. The number of methoxy groups -OCH3 is 1. The van der Waals surface area contributed by atoms with Gasteiger partial charge in [-0.25, -0.2) is 4.99 Å². The zero-order valence-electron chi connectivity index (χ0n) is 14.5. The van der Waals surface area contributed by atoms with Gasteiger partial charge < -0.3 is 20.5 Å². The van der Waals surface area contributed by atoms with Crippen molar-refractivity contribution in [2.75, 3.05) is 20.3 Å². The number of aliphatic hydroxyl groups excluding tert-OH is 1. The highest BCUT2D eigenvalue weighted by Gasteiger charge is 2.20. The van der Waals surface area contributed by atoms with Crippen LogP contribution in [0.2, 0.25) is 0 Å². The van der Waals surface area contributed by atoms with Crippen molar-refractivity contribution in [3.05, 3.63) is 39.9 Å². The van der Waals surface area contributed by atoms with Crippen LogP contribution in [0.1, 0.15) is 31.2 Å². The van der Waals surface area contributed by atoms with Crippen molar-refractivity contribution in [3.8, 4) is 0 Å². The molecule has 1 aliphatic rings. The molecule has 0 aliphatic heterocycles. The van der Waals surface area contributed by atoms with Crippen LogP contribution in [0.3, 0.4) is 0 Å². The van der Waals surface area contributed by atoms with Gasteiger partial charge in [0.05, 0.1) is 24.2 Å². The SMILES string of the molecule is COCCNC(=NCc1ccc([N+](=O)[O-])cc1)NC1CCC(O)CC1. The molecule has 8 heteroatoms. The van der Waals surface area contributed by atoms with Crippen molar-refractivity contribution in [2.45, 2.75) is 44.4 Å². The Bertz CT molecular complexity index is 569. The lowest BCUT2D eigenvalue weighted by atomic mass is 9.93. The van der Waals surface area contributed by atoms with Crippen molar-refractivity contribution >= 4 is 11.6 Å². The molecule has 0 amide bonds. The highest BCUT2D eigenvalue weighted by Crippen LogP contribution is 2.18. The minimum Gasteiger partial charge on any atom is -0.393 e. The molecule has 0 atom stereocenters. The highest BCUT2D eigenvalue weighted by atomic mass is 16.6. The molecule has 0 aromatic heterocycles. The summed E-state index contributed by atoms with van der Waals surface area (Å²) < 4.78 is 5.05. The number of guanidine groups is 1. The fourth-order valence-electron chi connectivity index (χ4n) is 2.73. The van der Waals surface area contributed by atoms with Crippen LogP contribution in [0, 0.1) is 10.1 Å². The molecule has 8 nitrogen and oxygen atoms in total. The Morgan fingerprint density at radius 1 is 1.32 bits per heavy atom. The van der Waals surface area contributed by atoms with E-state index in [4.69, 9.17) is 4.74 Å². The van der Waals surface area contributed by atoms with Crippen LogP contribution in [0.15, 0.2) is 29.3 Å². The molecule has 3 N–H and O–H groups in total. The van der Waals surface area contributed by atoms with E-state index in [0.717, 1.165) is 31.2 Å². The average Bonchev–Trinajstić information content (AvgIpc) is 2.62. The first-order valence-electron chi connectivity index (χ1n) is 8.53. The molecule has 1 aromatic rings. The summed E-state index contributed by atoms with van der Waals surface area (Å²) in [4.78, 5) is 14.8. The number of benzene rings is 1. The van der Waals surface area contributed by atoms with Gasteiger partial charge in [0.1, 0.15) is 0 Å². The first-order chi connectivity index (χ1) is 12.1. The third kappa shape index (κ3) is 6.67. The number of nitro groups is 1. The van der Waals surface area contributed by atoms with Gasteiger partial charge >= 0.3 is 0 Å². The van der Waals surface area contributed by atoms with Crippen molar-refractivity contribution in [1.82, 2.24) is 10.6 Å². The van der Waals surface area contributed by atoms with E-state index in [1.165, 1.54) is 12.1 Å². The number of aliphatic hydroxyl groups is 1. The van der Waals surface area contributed by atoms with Gasteiger partial charge in [-0.05, 0) is 31.2 Å². The third-order valence-electron chi connectivity index (χ3n) is 4.20. The predicted octanol–water partition coefficient (Wildman–Crippen LogP) is 1.58. The van der Waals surface area contributed by atoms with Crippen molar-refractivity contribution in [3.63, 3.8) is 0 Å². The number of hydrogen-bond donors (Lipinski definition) is 3. The Kier molecular flexibility index (Phi) is 7.62. The minimum atomic E-state index is -0.413. The van der Waals surface area contributed by atoms with E-state index in [2.05, 4.69) is 15.6 Å². The van der Waals surface area contributed by atoms with E-state index in [0.29, 0.717) is 25.7 Å². The first kappa shape index (κ1) is 19.1. The number of aliphatic imine (C=N–C) groups is 1. The molecule has 1 fully saturated rings. The van der Waals surface area contributed by atoms with Crippen LogP contribution in [0.4, 0.5) is 5.69 Å². The van der Waals surface area contributed by atoms with E-state index in [9.17, 15) is 15.2 Å². The summed E-state index contributed by atoms with van der Waals surface area (Å²) in [5, 5.41) is 26.9. The fraction of sp³-hybridized carbons (Fsp3) is 0.588.